The molecule has 1 N–H and O–H groups in total. The van der Waals surface area contributed by atoms with Crippen LogP contribution in [0.5, 0.6) is 0 Å². The monoisotopic (exact) mass is 444 g/mol. The van der Waals surface area contributed by atoms with Crippen LogP contribution in [0.3, 0.4) is 0 Å². The van der Waals surface area contributed by atoms with E-state index < -0.39 is 5.54 Å². The number of aromatic nitrogens is 3. The largest absolute Gasteiger partial charge is 0.311 e. The standard InChI is InChI=1S/C29H24N4O/c1-3-26-25-20-30-28(31-21(2)34)19-27(25)33(32-26)29(22-13-7-4-8-14-22,23-15-9-5-10-16-23)24-17-11-6-12-18-24/h3-20H,1H2,2H3,(H,30,31,34). The van der Waals surface area contributed by atoms with Gasteiger partial charge in [-0.05, 0) is 22.8 Å². The molecule has 0 aliphatic carbocycles. The molecule has 0 aliphatic heterocycles. The molecular weight excluding hydrogens is 420 g/mol. The molecule has 0 unspecified atom stereocenters. The number of rotatable bonds is 6. The Hall–Kier alpha value is -4.51. The van der Waals surface area contributed by atoms with E-state index in [0.717, 1.165) is 33.3 Å². The van der Waals surface area contributed by atoms with E-state index >= 15 is 0 Å². The van der Waals surface area contributed by atoms with Crippen LogP contribution in [-0.2, 0) is 10.3 Å². The van der Waals surface area contributed by atoms with Crippen LogP contribution >= 0.6 is 0 Å². The molecule has 0 fully saturated rings. The van der Waals surface area contributed by atoms with Gasteiger partial charge in [-0.2, -0.15) is 5.10 Å². The van der Waals surface area contributed by atoms with Crippen LogP contribution < -0.4 is 5.32 Å². The van der Waals surface area contributed by atoms with Crippen molar-refractivity contribution in [2.24, 2.45) is 0 Å². The summed E-state index contributed by atoms with van der Waals surface area (Å²) in [5.74, 6) is 0.294. The first-order valence-corrected chi connectivity index (χ1v) is 11.1. The number of nitrogens with zero attached hydrogens (tertiary/aromatic N) is 3. The van der Waals surface area contributed by atoms with Crippen LogP contribution in [0.4, 0.5) is 5.82 Å². The van der Waals surface area contributed by atoms with Gasteiger partial charge in [-0.1, -0.05) is 97.6 Å². The first-order valence-electron chi connectivity index (χ1n) is 11.1. The Morgan fingerprint density at radius 2 is 1.38 bits per heavy atom. The second-order valence-corrected chi connectivity index (χ2v) is 8.08. The van der Waals surface area contributed by atoms with Crippen LogP contribution in [-0.4, -0.2) is 20.7 Å². The highest BCUT2D eigenvalue weighted by Gasteiger charge is 2.40. The number of nitrogens with one attached hydrogen (secondary N) is 1. The van der Waals surface area contributed by atoms with Gasteiger partial charge >= 0.3 is 0 Å². The van der Waals surface area contributed by atoms with Crippen LogP contribution in [0, 0.1) is 0 Å². The molecule has 0 spiro atoms. The van der Waals surface area contributed by atoms with Gasteiger partial charge in [0.05, 0.1) is 11.2 Å². The van der Waals surface area contributed by atoms with E-state index in [9.17, 15) is 4.79 Å². The molecule has 2 heterocycles. The number of fused-ring (bicyclic) bond motifs is 1. The van der Waals surface area contributed by atoms with Crippen molar-refractivity contribution in [1.29, 1.82) is 0 Å². The van der Waals surface area contributed by atoms with Crippen molar-refractivity contribution < 1.29 is 4.79 Å². The number of pyridine rings is 1. The molecule has 3 aromatic carbocycles. The lowest BCUT2D eigenvalue weighted by Crippen LogP contribution is -2.38. The summed E-state index contributed by atoms with van der Waals surface area (Å²) in [6, 6.07) is 32.9. The quantitative estimate of drug-likeness (QED) is 0.333. The van der Waals surface area contributed by atoms with E-state index in [-0.39, 0.29) is 5.91 Å². The van der Waals surface area contributed by atoms with Gasteiger partial charge in [0.1, 0.15) is 11.4 Å². The fourth-order valence-corrected chi connectivity index (χ4v) is 4.59. The molecule has 5 aromatic rings. The molecule has 166 valence electrons. The van der Waals surface area contributed by atoms with Gasteiger partial charge in [0, 0.05) is 24.6 Å². The molecule has 1 amide bonds. The third kappa shape index (κ3) is 3.48. The number of hydrogen-bond donors (Lipinski definition) is 1. The SMILES string of the molecule is C=Cc1nn(C(c2ccccc2)(c2ccccc2)c2ccccc2)c2cc(NC(C)=O)ncc12. The van der Waals surface area contributed by atoms with Crippen LogP contribution in [0.15, 0.2) is 110 Å². The maximum absolute atomic E-state index is 11.8. The molecule has 2 aromatic heterocycles. The summed E-state index contributed by atoms with van der Waals surface area (Å²) in [5.41, 5.74) is 3.97. The van der Waals surface area contributed by atoms with Gasteiger partial charge in [-0.25, -0.2) is 9.67 Å². The van der Waals surface area contributed by atoms with Crippen LogP contribution in [0.25, 0.3) is 17.0 Å². The van der Waals surface area contributed by atoms with Crippen molar-refractivity contribution in [2.45, 2.75) is 12.5 Å². The van der Waals surface area contributed by atoms with Crippen molar-refractivity contribution in [1.82, 2.24) is 14.8 Å². The minimum absolute atomic E-state index is 0.178. The zero-order valence-electron chi connectivity index (χ0n) is 18.8. The van der Waals surface area contributed by atoms with Gasteiger partial charge in [0.25, 0.3) is 0 Å². The highest BCUT2D eigenvalue weighted by atomic mass is 16.1. The van der Waals surface area contributed by atoms with Gasteiger partial charge in [-0.15, -0.1) is 0 Å². The number of carbonyl (C=O) groups is 1. The van der Waals surface area contributed by atoms with Crippen LogP contribution in [0.1, 0.15) is 29.3 Å². The summed E-state index contributed by atoms with van der Waals surface area (Å²) in [5, 5.41) is 8.74. The van der Waals surface area contributed by atoms with Gasteiger partial charge in [0.2, 0.25) is 5.91 Å². The third-order valence-corrected chi connectivity index (χ3v) is 5.98. The lowest BCUT2D eigenvalue weighted by atomic mass is 9.77. The molecule has 5 heteroatoms. The maximum atomic E-state index is 11.8. The van der Waals surface area contributed by atoms with Crippen molar-refractivity contribution in [2.75, 3.05) is 5.32 Å². The second-order valence-electron chi connectivity index (χ2n) is 8.08. The summed E-state index contributed by atoms with van der Waals surface area (Å²) in [6.45, 7) is 5.46. The first-order chi connectivity index (χ1) is 16.6. The first kappa shape index (κ1) is 21.3. The average molecular weight is 445 g/mol. The average Bonchev–Trinajstić information content (AvgIpc) is 3.24. The number of benzene rings is 3. The summed E-state index contributed by atoms with van der Waals surface area (Å²) >= 11 is 0. The number of anilines is 1. The minimum atomic E-state index is -0.780. The zero-order chi connectivity index (χ0) is 23.5. The predicted molar refractivity (Wildman–Crippen MR) is 137 cm³/mol. The topological polar surface area (TPSA) is 59.8 Å². The zero-order valence-corrected chi connectivity index (χ0v) is 18.8. The predicted octanol–water partition coefficient (Wildman–Crippen LogP) is 5.87. The Morgan fingerprint density at radius 1 is 0.882 bits per heavy atom. The molecule has 0 aliphatic rings. The number of carbonyl (C=O) groups excluding carboxylic acids is 1. The summed E-state index contributed by atoms with van der Waals surface area (Å²) in [6.07, 6.45) is 3.48. The third-order valence-electron chi connectivity index (χ3n) is 5.98. The summed E-state index contributed by atoms with van der Waals surface area (Å²) < 4.78 is 2.03. The van der Waals surface area contributed by atoms with E-state index in [4.69, 9.17) is 5.10 Å². The lowest BCUT2D eigenvalue weighted by molar-refractivity contribution is -0.114. The molecule has 0 atom stereocenters. The Balaban J connectivity index is 1.96. The van der Waals surface area contributed by atoms with E-state index in [1.54, 1.807) is 12.3 Å². The van der Waals surface area contributed by atoms with Crippen LogP contribution in [0.2, 0.25) is 0 Å². The van der Waals surface area contributed by atoms with E-state index in [2.05, 4.69) is 53.3 Å². The number of amides is 1. The number of hydrogen-bond acceptors (Lipinski definition) is 3. The minimum Gasteiger partial charge on any atom is -0.311 e. The fraction of sp³-hybridized carbons (Fsp3) is 0.0690. The molecule has 34 heavy (non-hydrogen) atoms. The summed E-state index contributed by atoms with van der Waals surface area (Å²) in [7, 11) is 0. The second kappa shape index (κ2) is 8.79. The van der Waals surface area contributed by atoms with Gasteiger partial charge in [0.15, 0.2) is 0 Å². The molecular formula is C29H24N4O. The van der Waals surface area contributed by atoms with E-state index in [0.29, 0.717) is 5.82 Å². The highest BCUT2D eigenvalue weighted by Crippen LogP contribution is 2.42. The molecule has 0 saturated carbocycles. The lowest BCUT2D eigenvalue weighted by Gasteiger charge is -2.37. The molecule has 5 rings (SSSR count). The fourth-order valence-electron chi connectivity index (χ4n) is 4.59. The molecule has 0 bridgehead atoms. The highest BCUT2D eigenvalue weighted by molar-refractivity contribution is 5.93. The Kier molecular flexibility index (Phi) is 5.52. The van der Waals surface area contributed by atoms with Crippen molar-refractivity contribution in [3.8, 4) is 0 Å². The Bertz CT molecular complexity index is 1360. The van der Waals surface area contributed by atoms with Gasteiger partial charge in [-0.3, -0.25) is 4.79 Å². The Morgan fingerprint density at radius 3 is 1.82 bits per heavy atom. The smallest absolute Gasteiger partial charge is 0.222 e. The molecule has 5 nitrogen and oxygen atoms in total. The maximum Gasteiger partial charge on any atom is 0.222 e. The van der Waals surface area contributed by atoms with E-state index in [1.807, 2.05) is 65.3 Å². The van der Waals surface area contributed by atoms with E-state index in [1.165, 1.54) is 6.92 Å². The molecule has 0 saturated heterocycles. The van der Waals surface area contributed by atoms with Crippen molar-refractivity contribution in [3.63, 3.8) is 0 Å². The van der Waals surface area contributed by atoms with Crippen molar-refractivity contribution >= 4 is 28.7 Å². The summed E-state index contributed by atoms with van der Waals surface area (Å²) in [4.78, 5) is 16.2. The molecule has 0 radical (unpaired) electrons. The Labute approximate surface area is 198 Å². The van der Waals surface area contributed by atoms with Gasteiger partial charge < -0.3 is 5.32 Å². The normalized spacial score (nSPS) is 11.3. The van der Waals surface area contributed by atoms with Crippen molar-refractivity contribution in [3.05, 3.63) is 132 Å².